The van der Waals surface area contributed by atoms with Crippen LogP contribution in [-0.2, 0) is 11.3 Å². The van der Waals surface area contributed by atoms with Gasteiger partial charge in [-0.15, -0.1) is 0 Å². The molecule has 0 saturated heterocycles. The van der Waals surface area contributed by atoms with Crippen LogP contribution >= 0.6 is 11.6 Å². The van der Waals surface area contributed by atoms with Crippen LogP contribution in [0.2, 0.25) is 5.02 Å². The molecule has 0 aliphatic rings. The number of rotatable bonds is 3. The van der Waals surface area contributed by atoms with E-state index >= 15 is 0 Å². The number of amides is 1. The lowest BCUT2D eigenvalue weighted by Crippen LogP contribution is -2.31. The summed E-state index contributed by atoms with van der Waals surface area (Å²) >= 11 is 5.99. The number of carbonyl (C=O) groups is 1. The number of hydrogen-bond donors (Lipinski definition) is 1. The van der Waals surface area contributed by atoms with Crippen molar-refractivity contribution in [3.63, 3.8) is 0 Å². The summed E-state index contributed by atoms with van der Waals surface area (Å²) < 4.78 is 2.83. The summed E-state index contributed by atoms with van der Waals surface area (Å²) in [6.45, 7) is 1.60. The van der Waals surface area contributed by atoms with E-state index in [4.69, 9.17) is 11.6 Å². The van der Waals surface area contributed by atoms with Crippen LogP contribution in [0.25, 0.3) is 5.52 Å². The number of aryl methyl sites for hydroxylation is 1. The SMILES string of the molecule is Cc1nn(CC(=O)Nc2ccccc2Cl)c(=O)c2cccn12. The highest BCUT2D eigenvalue weighted by Crippen LogP contribution is 2.20. The Bertz CT molecular complexity index is 913. The van der Waals surface area contributed by atoms with Gasteiger partial charge >= 0.3 is 0 Å². The van der Waals surface area contributed by atoms with Crippen LogP contribution in [0.4, 0.5) is 5.69 Å². The molecule has 112 valence electrons. The van der Waals surface area contributed by atoms with E-state index in [-0.39, 0.29) is 18.0 Å². The van der Waals surface area contributed by atoms with Crippen molar-refractivity contribution < 1.29 is 4.79 Å². The lowest BCUT2D eigenvalue weighted by atomic mass is 10.3. The van der Waals surface area contributed by atoms with Gasteiger partial charge in [-0.05, 0) is 31.2 Å². The van der Waals surface area contributed by atoms with Crippen LogP contribution in [0.15, 0.2) is 47.4 Å². The Morgan fingerprint density at radius 1 is 1.27 bits per heavy atom. The Kier molecular flexibility index (Phi) is 3.68. The molecule has 0 spiro atoms. The molecular weight excluding hydrogens is 304 g/mol. The van der Waals surface area contributed by atoms with Crippen LogP contribution < -0.4 is 10.9 Å². The third-order valence-corrected chi connectivity index (χ3v) is 3.59. The van der Waals surface area contributed by atoms with Crippen molar-refractivity contribution >= 4 is 28.7 Å². The second-order valence-electron chi connectivity index (χ2n) is 4.80. The van der Waals surface area contributed by atoms with Gasteiger partial charge < -0.3 is 5.32 Å². The molecule has 0 radical (unpaired) electrons. The highest BCUT2D eigenvalue weighted by molar-refractivity contribution is 6.33. The summed E-state index contributed by atoms with van der Waals surface area (Å²) in [4.78, 5) is 24.4. The molecule has 2 heterocycles. The molecular formula is C15H13ClN4O2. The maximum atomic E-state index is 12.3. The zero-order valence-corrected chi connectivity index (χ0v) is 12.5. The first-order valence-electron chi connectivity index (χ1n) is 6.65. The van der Waals surface area contributed by atoms with Gasteiger partial charge in [0.25, 0.3) is 5.56 Å². The second-order valence-corrected chi connectivity index (χ2v) is 5.21. The van der Waals surface area contributed by atoms with E-state index in [0.717, 1.165) is 4.68 Å². The molecule has 0 bridgehead atoms. The zero-order valence-electron chi connectivity index (χ0n) is 11.8. The summed E-state index contributed by atoms with van der Waals surface area (Å²) in [7, 11) is 0. The normalized spacial score (nSPS) is 10.8. The van der Waals surface area contributed by atoms with E-state index in [1.54, 1.807) is 53.9 Å². The largest absolute Gasteiger partial charge is 0.323 e. The smallest absolute Gasteiger partial charge is 0.291 e. The van der Waals surface area contributed by atoms with Gasteiger partial charge in [-0.2, -0.15) is 5.10 Å². The van der Waals surface area contributed by atoms with Crippen LogP contribution in [0.1, 0.15) is 5.82 Å². The molecule has 0 unspecified atom stereocenters. The standard InChI is InChI=1S/C15H13ClN4O2/c1-10-18-20(15(22)13-7-4-8-19(10)13)9-14(21)17-12-6-3-2-5-11(12)16/h2-8H,9H2,1H3,(H,17,21). The van der Waals surface area contributed by atoms with Gasteiger partial charge in [-0.25, -0.2) is 4.68 Å². The lowest BCUT2D eigenvalue weighted by molar-refractivity contribution is -0.117. The first-order chi connectivity index (χ1) is 10.6. The van der Waals surface area contributed by atoms with E-state index in [1.165, 1.54) is 0 Å². The van der Waals surface area contributed by atoms with Crippen molar-refractivity contribution in [2.45, 2.75) is 13.5 Å². The molecule has 0 aliphatic carbocycles. The van der Waals surface area contributed by atoms with Crippen LogP contribution in [-0.4, -0.2) is 20.1 Å². The Balaban J connectivity index is 1.87. The number of benzene rings is 1. The molecule has 7 heteroatoms. The minimum atomic E-state index is -0.363. The maximum Gasteiger partial charge on any atom is 0.291 e. The molecule has 0 atom stereocenters. The van der Waals surface area contributed by atoms with E-state index in [9.17, 15) is 9.59 Å². The van der Waals surface area contributed by atoms with Gasteiger partial charge in [-0.1, -0.05) is 23.7 Å². The van der Waals surface area contributed by atoms with Gasteiger partial charge in [0.2, 0.25) is 5.91 Å². The summed E-state index contributed by atoms with van der Waals surface area (Å²) in [6.07, 6.45) is 1.76. The summed E-state index contributed by atoms with van der Waals surface area (Å²) in [5.41, 5.74) is 0.672. The summed E-state index contributed by atoms with van der Waals surface area (Å²) in [6, 6.07) is 10.4. The van der Waals surface area contributed by atoms with Gasteiger partial charge in [0.1, 0.15) is 17.9 Å². The summed E-state index contributed by atoms with van der Waals surface area (Å²) in [5, 5.41) is 7.26. The van der Waals surface area contributed by atoms with Crippen molar-refractivity contribution in [3.8, 4) is 0 Å². The van der Waals surface area contributed by atoms with E-state index in [1.807, 2.05) is 0 Å². The molecule has 0 aliphatic heterocycles. The van der Waals surface area contributed by atoms with Crippen LogP contribution in [0, 0.1) is 6.92 Å². The number of fused-ring (bicyclic) bond motifs is 1. The number of anilines is 1. The summed E-state index contributed by atoms with van der Waals surface area (Å²) in [5.74, 6) is 0.267. The molecule has 3 aromatic rings. The number of nitrogens with one attached hydrogen (secondary N) is 1. The van der Waals surface area contributed by atoms with Gasteiger partial charge in [0, 0.05) is 6.20 Å². The zero-order chi connectivity index (χ0) is 15.7. The second kappa shape index (κ2) is 5.65. The Hall–Kier alpha value is -2.60. The average molecular weight is 317 g/mol. The molecule has 3 rings (SSSR count). The predicted molar refractivity (Wildman–Crippen MR) is 84.3 cm³/mol. The van der Waals surface area contributed by atoms with E-state index in [2.05, 4.69) is 10.4 Å². The monoisotopic (exact) mass is 316 g/mol. The molecule has 1 aromatic carbocycles. The number of carbonyl (C=O) groups excluding carboxylic acids is 1. The third-order valence-electron chi connectivity index (χ3n) is 3.26. The van der Waals surface area contributed by atoms with Crippen molar-refractivity contribution in [2.75, 3.05) is 5.32 Å². The van der Waals surface area contributed by atoms with Crippen LogP contribution in [0.5, 0.6) is 0 Å². The van der Waals surface area contributed by atoms with Gasteiger partial charge in [0.05, 0.1) is 10.7 Å². The first kappa shape index (κ1) is 14.3. The number of para-hydroxylation sites is 1. The predicted octanol–water partition coefficient (Wildman–Crippen LogP) is 2.10. The number of halogens is 1. The Labute approximate surface area is 130 Å². The van der Waals surface area contributed by atoms with E-state index < -0.39 is 0 Å². The highest BCUT2D eigenvalue weighted by Gasteiger charge is 2.11. The fourth-order valence-corrected chi connectivity index (χ4v) is 2.42. The number of hydrogen-bond acceptors (Lipinski definition) is 3. The Morgan fingerprint density at radius 2 is 2.05 bits per heavy atom. The van der Waals surface area contributed by atoms with Gasteiger partial charge in [0.15, 0.2) is 0 Å². The minimum Gasteiger partial charge on any atom is -0.323 e. The minimum absolute atomic E-state index is 0.174. The molecule has 0 saturated carbocycles. The fourth-order valence-electron chi connectivity index (χ4n) is 2.23. The van der Waals surface area contributed by atoms with Gasteiger partial charge in [-0.3, -0.25) is 14.0 Å². The lowest BCUT2D eigenvalue weighted by Gasteiger charge is -2.09. The van der Waals surface area contributed by atoms with Crippen molar-refractivity contribution in [1.29, 1.82) is 0 Å². The van der Waals surface area contributed by atoms with Crippen molar-refractivity contribution in [1.82, 2.24) is 14.2 Å². The average Bonchev–Trinajstić information content (AvgIpc) is 2.97. The maximum absolute atomic E-state index is 12.3. The highest BCUT2D eigenvalue weighted by atomic mass is 35.5. The third kappa shape index (κ3) is 2.60. The molecule has 2 aromatic heterocycles. The van der Waals surface area contributed by atoms with Crippen molar-refractivity contribution in [2.24, 2.45) is 0 Å². The Morgan fingerprint density at radius 3 is 2.82 bits per heavy atom. The molecule has 1 N–H and O–H groups in total. The number of aromatic nitrogens is 3. The van der Waals surface area contributed by atoms with E-state index in [0.29, 0.717) is 22.1 Å². The molecule has 1 amide bonds. The molecule has 22 heavy (non-hydrogen) atoms. The fraction of sp³-hybridized carbons (Fsp3) is 0.133. The van der Waals surface area contributed by atoms with Crippen molar-refractivity contribution in [3.05, 3.63) is 63.8 Å². The number of nitrogens with zero attached hydrogens (tertiary/aromatic N) is 3. The molecule has 0 fully saturated rings. The van der Waals surface area contributed by atoms with Crippen LogP contribution in [0.3, 0.4) is 0 Å². The first-order valence-corrected chi connectivity index (χ1v) is 7.03. The quantitative estimate of drug-likeness (QED) is 0.804. The topological polar surface area (TPSA) is 68.4 Å². The molecule has 6 nitrogen and oxygen atoms in total.